The van der Waals surface area contributed by atoms with Crippen LogP contribution >= 0.6 is 0 Å². The molecule has 0 aliphatic rings. The Hall–Kier alpha value is -2.17. The summed E-state index contributed by atoms with van der Waals surface area (Å²) in [5, 5.41) is 48.2. The molecule has 8 nitrogen and oxygen atoms in total. The molecular formula is C16H18N2O6. The van der Waals surface area contributed by atoms with Crippen LogP contribution in [0.3, 0.4) is 0 Å². The van der Waals surface area contributed by atoms with Crippen molar-refractivity contribution in [3.63, 3.8) is 0 Å². The Balaban J connectivity index is 2.31. The average molecular weight is 334 g/mol. The van der Waals surface area contributed by atoms with Gasteiger partial charge in [0.1, 0.15) is 5.78 Å². The monoisotopic (exact) mass is 334 g/mol. The van der Waals surface area contributed by atoms with E-state index in [9.17, 15) is 25.5 Å². The highest BCUT2D eigenvalue weighted by atomic mass is 16.8. The Kier molecular flexibility index (Phi) is 6.12. The Bertz CT molecular complexity index is 704. The summed E-state index contributed by atoms with van der Waals surface area (Å²) in [6.07, 6.45) is -0.207. The summed E-state index contributed by atoms with van der Waals surface area (Å²) >= 11 is 0. The molecule has 0 aliphatic carbocycles. The topological polar surface area (TPSA) is 133 Å². The minimum Gasteiger partial charge on any atom is -0.595 e. The molecule has 0 fully saturated rings. The van der Waals surface area contributed by atoms with Crippen molar-refractivity contribution in [3.8, 4) is 0 Å². The van der Waals surface area contributed by atoms with E-state index >= 15 is 0 Å². The molecular weight excluding hydrogens is 316 g/mol. The van der Waals surface area contributed by atoms with E-state index in [1.165, 1.54) is 30.3 Å². The molecule has 0 radical (unpaired) electrons. The molecule has 5 N–H and O–H groups in total. The summed E-state index contributed by atoms with van der Waals surface area (Å²) in [5.74, 6) is -1.47. The zero-order valence-electron chi connectivity index (χ0n) is 12.7. The number of aliphatic hydroxyl groups excluding tert-OH is 1. The van der Waals surface area contributed by atoms with E-state index in [1.807, 2.05) is 0 Å². The highest BCUT2D eigenvalue weighted by Gasteiger charge is 2.26. The average Bonchev–Trinajstić information content (AvgIpc) is 2.56. The molecule has 0 aliphatic heterocycles. The van der Waals surface area contributed by atoms with Gasteiger partial charge in [-0.2, -0.15) is 10.5 Å². The minimum absolute atomic E-state index is 0.00839. The number of nitrogens with one attached hydrogen (secondary N) is 2. The fourth-order valence-electron chi connectivity index (χ4n) is 2.56. The van der Waals surface area contributed by atoms with E-state index < -0.39 is 28.8 Å². The first-order chi connectivity index (χ1) is 11.5. The fourth-order valence-corrected chi connectivity index (χ4v) is 2.56. The lowest BCUT2D eigenvalue weighted by Crippen LogP contribution is -2.99. The van der Waals surface area contributed by atoms with Gasteiger partial charge in [0.25, 0.3) is 0 Å². The van der Waals surface area contributed by atoms with Crippen LogP contribution in [0.15, 0.2) is 48.5 Å². The number of aliphatic hydroxyl groups is 1. The number of carbonyl (C=O) groups is 1. The van der Waals surface area contributed by atoms with Gasteiger partial charge in [-0.25, -0.2) is 10.4 Å². The lowest BCUT2D eigenvalue weighted by atomic mass is 9.90. The van der Waals surface area contributed by atoms with Crippen LogP contribution in [0.4, 0.5) is 11.4 Å². The number of rotatable bonds is 7. The van der Waals surface area contributed by atoms with E-state index in [1.54, 1.807) is 18.2 Å². The first-order valence-corrected chi connectivity index (χ1v) is 7.22. The molecule has 0 saturated heterocycles. The van der Waals surface area contributed by atoms with Crippen molar-refractivity contribution in [1.29, 1.82) is 0 Å². The van der Waals surface area contributed by atoms with E-state index in [4.69, 9.17) is 5.21 Å². The van der Waals surface area contributed by atoms with E-state index in [0.29, 0.717) is 5.56 Å². The third-order valence-electron chi connectivity index (χ3n) is 3.75. The summed E-state index contributed by atoms with van der Waals surface area (Å²) in [6.45, 7) is -0.557. The smallest absolute Gasteiger partial charge is 0.167 e. The third kappa shape index (κ3) is 4.02. The Morgan fingerprint density at radius 2 is 1.50 bits per heavy atom. The zero-order chi connectivity index (χ0) is 17.7. The van der Waals surface area contributed by atoms with Gasteiger partial charge in [0.15, 0.2) is 11.4 Å². The quantitative estimate of drug-likeness (QED) is 0.429. The summed E-state index contributed by atoms with van der Waals surface area (Å²) in [7, 11) is 0. The number of hydrogen-bond donors (Lipinski definition) is 5. The molecule has 0 saturated carbocycles. The van der Waals surface area contributed by atoms with Crippen LogP contribution in [0.5, 0.6) is 0 Å². The molecule has 24 heavy (non-hydrogen) atoms. The molecule has 2 rings (SSSR count). The normalized spacial score (nSPS) is 14.9. The Morgan fingerprint density at radius 1 is 0.958 bits per heavy atom. The summed E-state index contributed by atoms with van der Waals surface area (Å²) in [6, 6.07) is 12.1. The molecule has 0 aromatic heterocycles. The van der Waals surface area contributed by atoms with Gasteiger partial charge in [-0.05, 0) is 0 Å². The van der Waals surface area contributed by atoms with E-state index in [-0.39, 0.29) is 23.4 Å². The third-order valence-corrected chi connectivity index (χ3v) is 3.75. The minimum atomic E-state index is -1.19. The van der Waals surface area contributed by atoms with Gasteiger partial charge in [-0.15, -0.1) is 0 Å². The zero-order valence-corrected chi connectivity index (χ0v) is 12.7. The van der Waals surface area contributed by atoms with Crippen LogP contribution in [0.1, 0.15) is 17.0 Å². The van der Waals surface area contributed by atoms with Gasteiger partial charge < -0.3 is 15.5 Å². The van der Waals surface area contributed by atoms with Gasteiger partial charge in [-0.1, -0.05) is 36.4 Å². The number of benzene rings is 2. The van der Waals surface area contributed by atoms with Crippen molar-refractivity contribution in [2.45, 2.75) is 12.3 Å². The van der Waals surface area contributed by atoms with Crippen LogP contribution in [-0.2, 0) is 11.2 Å². The number of ketones is 1. The highest BCUT2D eigenvalue weighted by Crippen LogP contribution is 2.25. The number of carbonyl (C=O) groups excluding carboxylic acids is 1. The Labute approximate surface area is 137 Å². The van der Waals surface area contributed by atoms with Crippen molar-refractivity contribution in [1.82, 2.24) is 0 Å². The van der Waals surface area contributed by atoms with Gasteiger partial charge in [0, 0.05) is 29.7 Å². The SMILES string of the molecule is O=C(Cc1ccccc1[NH+]([O-])O)C(CO)c1ccccc1[NH+]([O-])O. The molecule has 0 spiro atoms. The lowest BCUT2D eigenvalue weighted by molar-refractivity contribution is -0.991. The fraction of sp³-hybridized carbons (Fsp3) is 0.188. The second-order valence-corrected chi connectivity index (χ2v) is 5.23. The second kappa shape index (κ2) is 8.08. The summed E-state index contributed by atoms with van der Waals surface area (Å²) < 4.78 is 0. The van der Waals surface area contributed by atoms with Gasteiger partial charge >= 0.3 is 0 Å². The maximum atomic E-state index is 12.5. The number of quaternary nitrogens is 2. The predicted molar refractivity (Wildman–Crippen MR) is 83.0 cm³/mol. The molecule has 3 atom stereocenters. The first-order valence-electron chi connectivity index (χ1n) is 7.22. The second-order valence-electron chi connectivity index (χ2n) is 5.23. The predicted octanol–water partition coefficient (Wildman–Crippen LogP) is -0.619. The standard InChI is InChI=1S/C16H18N2O6/c19-10-13(12-6-2-4-8-15(12)18(23)24)16(20)9-11-5-1-3-7-14(11)17(21)22/h1-8,13,17-19,21,23H,9-10H2. The van der Waals surface area contributed by atoms with Crippen LogP contribution in [0, 0.1) is 10.4 Å². The molecule has 3 unspecified atom stereocenters. The number of hydrogen-bond acceptors (Lipinski definition) is 6. The van der Waals surface area contributed by atoms with Crippen molar-refractivity contribution in [2.24, 2.45) is 0 Å². The number of para-hydroxylation sites is 2. The maximum Gasteiger partial charge on any atom is 0.167 e. The summed E-state index contributed by atoms with van der Waals surface area (Å²) in [5.41, 5.74) is 0.483. The maximum absolute atomic E-state index is 12.5. The van der Waals surface area contributed by atoms with E-state index in [2.05, 4.69) is 0 Å². The molecule has 0 amide bonds. The Morgan fingerprint density at radius 3 is 2.08 bits per heavy atom. The highest BCUT2D eigenvalue weighted by molar-refractivity contribution is 5.89. The molecule has 128 valence electrons. The van der Waals surface area contributed by atoms with Gasteiger partial charge in [0.2, 0.25) is 0 Å². The first kappa shape index (κ1) is 18.2. The molecule has 8 heteroatoms. The summed E-state index contributed by atoms with van der Waals surface area (Å²) in [4.78, 5) is 12.5. The van der Waals surface area contributed by atoms with Crippen LogP contribution in [-0.4, -0.2) is 27.9 Å². The van der Waals surface area contributed by atoms with Crippen molar-refractivity contribution in [2.75, 3.05) is 6.61 Å². The van der Waals surface area contributed by atoms with Crippen molar-refractivity contribution >= 4 is 17.2 Å². The van der Waals surface area contributed by atoms with Crippen molar-refractivity contribution < 1.29 is 30.8 Å². The van der Waals surface area contributed by atoms with Crippen molar-refractivity contribution in [3.05, 3.63) is 70.1 Å². The molecule has 0 heterocycles. The lowest BCUT2D eigenvalue weighted by Gasteiger charge is -2.21. The van der Waals surface area contributed by atoms with Gasteiger partial charge in [-0.3, -0.25) is 4.79 Å². The molecule has 2 aromatic rings. The van der Waals surface area contributed by atoms with Crippen LogP contribution in [0.2, 0.25) is 0 Å². The van der Waals surface area contributed by atoms with Crippen LogP contribution in [0.25, 0.3) is 0 Å². The largest absolute Gasteiger partial charge is 0.595 e. The van der Waals surface area contributed by atoms with Crippen LogP contribution < -0.4 is 10.5 Å². The van der Waals surface area contributed by atoms with Gasteiger partial charge in [0.05, 0.1) is 12.5 Å². The molecule has 2 aromatic carbocycles. The number of Topliss-reactive ketones (excluding diaryl/α,β-unsaturated/α-hetero) is 1. The van der Waals surface area contributed by atoms with E-state index in [0.717, 1.165) is 0 Å². The molecule has 0 bridgehead atoms.